The van der Waals surface area contributed by atoms with Gasteiger partial charge in [-0.1, -0.05) is 89.7 Å². The number of allylic oxidation sites excluding steroid dienone is 2. The SMILES string of the molecule is CCCCCCCCC/C=C/CCCCCCCCCC1NC=C[N+]1(CC)CCNC(C)=O. The zero-order valence-electron chi connectivity index (χ0n) is 22.4. The van der Waals surface area contributed by atoms with Crippen LogP contribution in [0.1, 0.15) is 130 Å². The highest BCUT2D eigenvalue weighted by Crippen LogP contribution is 2.23. The van der Waals surface area contributed by atoms with E-state index in [0.717, 1.165) is 24.1 Å². The van der Waals surface area contributed by atoms with E-state index in [0.29, 0.717) is 6.17 Å². The van der Waals surface area contributed by atoms with E-state index in [1.165, 1.54) is 109 Å². The molecule has 1 heterocycles. The largest absolute Gasteiger partial charge is 0.351 e. The Bertz CT molecular complexity index is 531. The maximum absolute atomic E-state index is 11.2. The minimum absolute atomic E-state index is 0.0662. The van der Waals surface area contributed by atoms with Crippen molar-refractivity contribution in [2.45, 2.75) is 136 Å². The molecule has 0 aromatic carbocycles. The standard InChI is InChI=1S/C29H55N3O/c1-4-6-7-8-9-10-11-12-13-14-15-16-17-18-19-20-21-22-23-29-31-25-27-32(29,5-2)26-24-30-28(3)33/h13-14,25,27,29,31H,4-12,15-24,26H2,1-3H3/p+1/b14-13+. The molecule has 0 spiro atoms. The summed E-state index contributed by atoms with van der Waals surface area (Å²) in [6, 6.07) is 0. The van der Waals surface area contributed by atoms with Gasteiger partial charge in [-0.25, -0.2) is 0 Å². The minimum atomic E-state index is 0.0662. The van der Waals surface area contributed by atoms with E-state index in [1.54, 1.807) is 6.92 Å². The predicted molar refractivity (Wildman–Crippen MR) is 144 cm³/mol. The summed E-state index contributed by atoms with van der Waals surface area (Å²) in [4.78, 5) is 11.2. The van der Waals surface area contributed by atoms with Crippen molar-refractivity contribution in [1.82, 2.24) is 10.6 Å². The summed E-state index contributed by atoms with van der Waals surface area (Å²) in [5.41, 5.74) is 0. The molecule has 0 bridgehead atoms. The first-order chi connectivity index (χ1) is 16.1. The molecule has 1 aliphatic heterocycles. The van der Waals surface area contributed by atoms with Gasteiger partial charge in [-0.15, -0.1) is 0 Å². The smallest absolute Gasteiger partial charge is 0.217 e. The molecule has 1 rings (SSSR count). The Labute approximate surface area is 206 Å². The second-order valence-electron chi connectivity index (χ2n) is 10.1. The molecule has 0 radical (unpaired) electrons. The third-order valence-electron chi connectivity index (χ3n) is 7.26. The molecule has 2 atom stereocenters. The third-order valence-corrected chi connectivity index (χ3v) is 7.26. The van der Waals surface area contributed by atoms with E-state index in [-0.39, 0.29) is 5.91 Å². The van der Waals surface area contributed by atoms with Gasteiger partial charge >= 0.3 is 0 Å². The topological polar surface area (TPSA) is 41.1 Å². The van der Waals surface area contributed by atoms with Crippen LogP contribution in [0.15, 0.2) is 24.6 Å². The summed E-state index contributed by atoms with van der Waals surface area (Å²) in [7, 11) is 0. The van der Waals surface area contributed by atoms with E-state index < -0.39 is 0 Å². The summed E-state index contributed by atoms with van der Waals surface area (Å²) in [6.07, 6.45) is 32.8. The Balaban J connectivity index is 1.94. The number of quaternary nitrogens is 1. The number of carbonyl (C=O) groups is 1. The van der Waals surface area contributed by atoms with E-state index in [9.17, 15) is 4.79 Å². The fraction of sp³-hybridized carbons (Fsp3) is 0.828. The molecule has 2 N–H and O–H groups in total. The van der Waals surface area contributed by atoms with Crippen molar-refractivity contribution >= 4 is 5.91 Å². The summed E-state index contributed by atoms with van der Waals surface area (Å²) in [6.45, 7) is 8.93. The minimum Gasteiger partial charge on any atom is -0.351 e. The fourth-order valence-electron chi connectivity index (χ4n) is 4.99. The lowest BCUT2D eigenvalue weighted by Crippen LogP contribution is -2.55. The monoisotopic (exact) mass is 462 g/mol. The van der Waals surface area contributed by atoms with Gasteiger partial charge in [0.2, 0.25) is 5.91 Å². The van der Waals surface area contributed by atoms with Crippen molar-refractivity contribution in [3.05, 3.63) is 24.6 Å². The van der Waals surface area contributed by atoms with E-state index >= 15 is 0 Å². The Morgan fingerprint density at radius 3 is 1.94 bits per heavy atom. The van der Waals surface area contributed by atoms with E-state index in [2.05, 4.69) is 49.0 Å². The lowest BCUT2D eigenvalue weighted by molar-refractivity contribution is -0.898. The van der Waals surface area contributed by atoms with Gasteiger partial charge in [0.05, 0.1) is 19.3 Å². The van der Waals surface area contributed by atoms with Crippen LogP contribution in [0.5, 0.6) is 0 Å². The van der Waals surface area contributed by atoms with Crippen LogP contribution in [0.2, 0.25) is 0 Å². The molecule has 0 saturated carbocycles. The summed E-state index contributed by atoms with van der Waals surface area (Å²) in [5.74, 6) is 0.0662. The number of unbranched alkanes of at least 4 members (excludes halogenated alkanes) is 14. The first-order valence-electron chi connectivity index (χ1n) is 14.3. The van der Waals surface area contributed by atoms with Crippen LogP contribution in [-0.4, -0.2) is 36.2 Å². The average molecular weight is 463 g/mol. The lowest BCUT2D eigenvalue weighted by atomic mass is 10.1. The van der Waals surface area contributed by atoms with Crippen molar-refractivity contribution in [2.75, 3.05) is 19.6 Å². The Kier molecular flexibility index (Phi) is 18.1. The molecule has 0 saturated heterocycles. The quantitative estimate of drug-likeness (QED) is 0.0989. The zero-order chi connectivity index (χ0) is 24.0. The average Bonchev–Trinajstić information content (AvgIpc) is 3.21. The number of amides is 1. The Morgan fingerprint density at radius 2 is 1.39 bits per heavy atom. The highest BCUT2D eigenvalue weighted by Gasteiger charge is 2.36. The second kappa shape index (κ2) is 20.1. The van der Waals surface area contributed by atoms with Crippen LogP contribution in [-0.2, 0) is 4.79 Å². The van der Waals surface area contributed by atoms with Gasteiger partial charge in [-0.05, 0) is 39.0 Å². The van der Waals surface area contributed by atoms with Gasteiger partial charge in [0.1, 0.15) is 12.7 Å². The molecule has 33 heavy (non-hydrogen) atoms. The number of hydrogen-bond donors (Lipinski definition) is 2. The highest BCUT2D eigenvalue weighted by molar-refractivity contribution is 5.72. The van der Waals surface area contributed by atoms with Crippen molar-refractivity contribution in [2.24, 2.45) is 0 Å². The van der Waals surface area contributed by atoms with Crippen molar-refractivity contribution in [3.8, 4) is 0 Å². The summed E-state index contributed by atoms with van der Waals surface area (Å²) in [5, 5.41) is 6.52. The first kappa shape index (κ1) is 29.7. The van der Waals surface area contributed by atoms with E-state index in [1.807, 2.05) is 0 Å². The maximum atomic E-state index is 11.2. The molecule has 1 amide bonds. The molecule has 4 heteroatoms. The van der Waals surface area contributed by atoms with Gasteiger partial charge in [0.25, 0.3) is 0 Å². The number of carbonyl (C=O) groups excluding carboxylic acids is 1. The summed E-state index contributed by atoms with van der Waals surface area (Å²) < 4.78 is 0.951. The molecule has 0 aromatic rings. The normalized spacial score (nSPS) is 19.9. The van der Waals surface area contributed by atoms with Gasteiger partial charge in [-0.3, -0.25) is 9.28 Å². The number of nitrogens with zero attached hydrogens (tertiary/aromatic N) is 1. The maximum Gasteiger partial charge on any atom is 0.217 e. The molecular formula is C29H56N3O+. The molecular weight excluding hydrogens is 406 g/mol. The number of nitrogens with one attached hydrogen (secondary N) is 2. The molecule has 4 nitrogen and oxygen atoms in total. The molecule has 0 fully saturated rings. The van der Waals surface area contributed by atoms with Crippen molar-refractivity contribution in [3.63, 3.8) is 0 Å². The molecule has 192 valence electrons. The number of likely N-dealkylation sites (N-methyl/N-ethyl adjacent to an activating group) is 1. The van der Waals surface area contributed by atoms with Crippen molar-refractivity contribution < 1.29 is 9.28 Å². The molecule has 0 aromatic heterocycles. The Hall–Kier alpha value is -1.29. The van der Waals surface area contributed by atoms with Gasteiger partial charge < -0.3 is 10.6 Å². The number of hydrogen-bond acceptors (Lipinski definition) is 2. The van der Waals surface area contributed by atoms with Crippen LogP contribution >= 0.6 is 0 Å². The van der Waals surface area contributed by atoms with Crippen LogP contribution in [0, 0.1) is 0 Å². The third kappa shape index (κ3) is 14.6. The van der Waals surface area contributed by atoms with Crippen molar-refractivity contribution in [1.29, 1.82) is 0 Å². The highest BCUT2D eigenvalue weighted by atomic mass is 16.1. The molecule has 0 aliphatic carbocycles. The first-order valence-corrected chi connectivity index (χ1v) is 14.3. The van der Waals surface area contributed by atoms with Crippen LogP contribution in [0.25, 0.3) is 0 Å². The molecule has 1 aliphatic rings. The van der Waals surface area contributed by atoms with Gasteiger partial charge in [0.15, 0.2) is 6.17 Å². The summed E-state index contributed by atoms with van der Waals surface area (Å²) >= 11 is 0. The van der Waals surface area contributed by atoms with Gasteiger partial charge in [-0.2, -0.15) is 0 Å². The van der Waals surface area contributed by atoms with Crippen LogP contribution in [0.3, 0.4) is 0 Å². The Morgan fingerprint density at radius 1 is 0.848 bits per heavy atom. The second-order valence-corrected chi connectivity index (χ2v) is 10.1. The van der Waals surface area contributed by atoms with Crippen LogP contribution < -0.4 is 10.6 Å². The lowest BCUT2D eigenvalue weighted by Gasteiger charge is -2.37. The number of rotatable bonds is 22. The fourth-order valence-corrected chi connectivity index (χ4v) is 4.99. The van der Waals surface area contributed by atoms with Gasteiger partial charge in [0, 0.05) is 13.3 Å². The molecule has 2 unspecified atom stereocenters. The van der Waals surface area contributed by atoms with E-state index in [4.69, 9.17) is 0 Å². The zero-order valence-corrected chi connectivity index (χ0v) is 22.4. The van der Waals surface area contributed by atoms with Crippen LogP contribution in [0.4, 0.5) is 0 Å². The predicted octanol–water partition coefficient (Wildman–Crippen LogP) is 7.57.